The summed E-state index contributed by atoms with van der Waals surface area (Å²) in [6.07, 6.45) is 0.852. The Labute approximate surface area is 108 Å². The van der Waals surface area contributed by atoms with Crippen molar-refractivity contribution >= 4 is 5.97 Å². The monoisotopic (exact) mass is 251 g/mol. The lowest BCUT2D eigenvalue weighted by Gasteiger charge is -2.23. The van der Waals surface area contributed by atoms with Crippen LogP contribution in [0.3, 0.4) is 0 Å². The highest BCUT2D eigenvalue weighted by Crippen LogP contribution is 2.12. The van der Waals surface area contributed by atoms with Crippen molar-refractivity contribution in [1.29, 1.82) is 0 Å². The molecule has 1 aromatic carbocycles. The average molecular weight is 251 g/mol. The molecule has 18 heavy (non-hydrogen) atoms. The maximum absolute atomic E-state index is 11.5. The average Bonchev–Trinajstić information content (AvgIpc) is 2.38. The lowest BCUT2D eigenvalue weighted by atomic mass is 10.1. The molecule has 100 valence electrons. The van der Waals surface area contributed by atoms with Gasteiger partial charge in [0.25, 0.3) is 0 Å². The van der Waals surface area contributed by atoms with E-state index < -0.39 is 5.54 Å². The van der Waals surface area contributed by atoms with Crippen LogP contribution in [0, 0.1) is 0 Å². The minimum absolute atomic E-state index is 0.253. The van der Waals surface area contributed by atoms with E-state index >= 15 is 0 Å². The molecule has 0 heterocycles. The number of rotatable bonds is 6. The standard InChI is InChI=1S/C14H21NO3/c1-14(2,13(16)18-4)15-10-9-11-5-7-12(17-3)8-6-11/h5-8,15H,9-10H2,1-4H3. The SMILES string of the molecule is COC(=O)C(C)(C)NCCc1ccc(OC)cc1. The third-order valence-electron chi connectivity index (χ3n) is 2.84. The predicted octanol–water partition coefficient (Wildman–Crippen LogP) is 1.78. The first-order chi connectivity index (χ1) is 8.49. The maximum atomic E-state index is 11.5. The van der Waals surface area contributed by atoms with E-state index in [0.717, 1.165) is 12.2 Å². The molecule has 4 heteroatoms. The summed E-state index contributed by atoms with van der Waals surface area (Å²) >= 11 is 0. The van der Waals surface area contributed by atoms with Crippen molar-refractivity contribution in [3.8, 4) is 5.75 Å². The van der Waals surface area contributed by atoms with Crippen molar-refractivity contribution in [2.45, 2.75) is 25.8 Å². The van der Waals surface area contributed by atoms with Crippen LogP contribution in [0.5, 0.6) is 5.75 Å². The van der Waals surface area contributed by atoms with Crippen LogP contribution in [0.15, 0.2) is 24.3 Å². The molecule has 0 spiro atoms. The van der Waals surface area contributed by atoms with E-state index in [2.05, 4.69) is 5.32 Å². The highest BCUT2D eigenvalue weighted by molar-refractivity contribution is 5.79. The summed E-state index contributed by atoms with van der Waals surface area (Å²) < 4.78 is 9.83. The maximum Gasteiger partial charge on any atom is 0.325 e. The molecule has 0 aliphatic rings. The largest absolute Gasteiger partial charge is 0.497 e. The summed E-state index contributed by atoms with van der Waals surface area (Å²) in [4.78, 5) is 11.5. The number of ether oxygens (including phenoxy) is 2. The van der Waals surface area contributed by atoms with Gasteiger partial charge in [0, 0.05) is 6.54 Å². The smallest absolute Gasteiger partial charge is 0.325 e. The Morgan fingerprint density at radius 3 is 2.33 bits per heavy atom. The second-order valence-corrected chi connectivity index (χ2v) is 4.64. The Bertz CT molecular complexity index is 385. The van der Waals surface area contributed by atoms with Crippen LogP contribution < -0.4 is 10.1 Å². The Kier molecular flexibility index (Phi) is 5.16. The molecular weight excluding hydrogens is 230 g/mol. The van der Waals surface area contributed by atoms with Gasteiger partial charge in [0.1, 0.15) is 11.3 Å². The summed E-state index contributed by atoms with van der Waals surface area (Å²) in [6.45, 7) is 4.34. The summed E-state index contributed by atoms with van der Waals surface area (Å²) in [5.41, 5.74) is 0.547. The molecule has 4 nitrogen and oxygen atoms in total. The van der Waals surface area contributed by atoms with Crippen molar-refractivity contribution in [2.24, 2.45) is 0 Å². The molecule has 1 aromatic rings. The van der Waals surface area contributed by atoms with E-state index in [-0.39, 0.29) is 5.97 Å². The first-order valence-electron chi connectivity index (χ1n) is 5.96. The number of benzene rings is 1. The van der Waals surface area contributed by atoms with E-state index in [4.69, 9.17) is 9.47 Å². The Morgan fingerprint density at radius 2 is 1.83 bits per heavy atom. The molecule has 0 aromatic heterocycles. The van der Waals surface area contributed by atoms with Crippen LogP contribution in [-0.2, 0) is 16.0 Å². The molecule has 0 atom stereocenters. The van der Waals surface area contributed by atoms with E-state index in [1.807, 2.05) is 38.1 Å². The number of methoxy groups -OCH3 is 2. The fraction of sp³-hybridized carbons (Fsp3) is 0.500. The van der Waals surface area contributed by atoms with Crippen LogP contribution >= 0.6 is 0 Å². The molecule has 0 saturated heterocycles. The van der Waals surface area contributed by atoms with Gasteiger partial charge in [0.2, 0.25) is 0 Å². The topological polar surface area (TPSA) is 47.6 Å². The van der Waals surface area contributed by atoms with Gasteiger partial charge >= 0.3 is 5.97 Å². The minimum Gasteiger partial charge on any atom is -0.497 e. The molecule has 0 unspecified atom stereocenters. The zero-order valence-corrected chi connectivity index (χ0v) is 11.4. The van der Waals surface area contributed by atoms with Crippen LogP contribution in [-0.4, -0.2) is 32.3 Å². The molecule has 1 N–H and O–H groups in total. The van der Waals surface area contributed by atoms with Crippen LogP contribution in [0.4, 0.5) is 0 Å². The lowest BCUT2D eigenvalue weighted by molar-refractivity contribution is -0.147. The summed E-state index contributed by atoms with van der Waals surface area (Å²) in [5.74, 6) is 0.596. The summed E-state index contributed by atoms with van der Waals surface area (Å²) in [6, 6.07) is 7.90. The fourth-order valence-electron chi connectivity index (χ4n) is 1.64. The van der Waals surface area contributed by atoms with Crippen molar-refractivity contribution in [3.05, 3.63) is 29.8 Å². The quantitative estimate of drug-likeness (QED) is 0.783. The van der Waals surface area contributed by atoms with Gasteiger partial charge in [-0.25, -0.2) is 0 Å². The van der Waals surface area contributed by atoms with E-state index in [1.54, 1.807) is 7.11 Å². The van der Waals surface area contributed by atoms with Crippen molar-refractivity contribution in [2.75, 3.05) is 20.8 Å². The van der Waals surface area contributed by atoms with E-state index in [1.165, 1.54) is 12.7 Å². The second-order valence-electron chi connectivity index (χ2n) is 4.64. The van der Waals surface area contributed by atoms with Crippen molar-refractivity contribution in [3.63, 3.8) is 0 Å². The van der Waals surface area contributed by atoms with Gasteiger partial charge in [-0.3, -0.25) is 4.79 Å². The fourth-order valence-corrected chi connectivity index (χ4v) is 1.64. The number of esters is 1. The first kappa shape index (κ1) is 14.5. The predicted molar refractivity (Wildman–Crippen MR) is 70.8 cm³/mol. The van der Waals surface area contributed by atoms with Gasteiger partial charge in [0.05, 0.1) is 14.2 Å². The third-order valence-corrected chi connectivity index (χ3v) is 2.84. The van der Waals surface area contributed by atoms with Crippen LogP contribution in [0.25, 0.3) is 0 Å². The van der Waals surface area contributed by atoms with Crippen molar-refractivity contribution < 1.29 is 14.3 Å². The normalized spacial score (nSPS) is 11.1. The Hall–Kier alpha value is -1.55. The molecule has 0 aliphatic heterocycles. The molecular formula is C14H21NO3. The molecule has 0 saturated carbocycles. The lowest BCUT2D eigenvalue weighted by Crippen LogP contribution is -2.48. The Balaban J connectivity index is 2.43. The number of hydrogen-bond acceptors (Lipinski definition) is 4. The number of carbonyl (C=O) groups is 1. The van der Waals surface area contributed by atoms with Crippen molar-refractivity contribution in [1.82, 2.24) is 5.32 Å². The van der Waals surface area contributed by atoms with Gasteiger partial charge in [0.15, 0.2) is 0 Å². The summed E-state index contributed by atoms with van der Waals surface area (Å²) in [7, 11) is 3.05. The zero-order chi connectivity index (χ0) is 13.6. The molecule has 0 radical (unpaired) electrons. The highest BCUT2D eigenvalue weighted by atomic mass is 16.5. The number of nitrogens with one attached hydrogen (secondary N) is 1. The number of hydrogen-bond donors (Lipinski definition) is 1. The van der Waals surface area contributed by atoms with Gasteiger partial charge in [-0.15, -0.1) is 0 Å². The minimum atomic E-state index is -0.652. The highest BCUT2D eigenvalue weighted by Gasteiger charge is 2.27. The van der Waals surface area contributed by atoms with Gasteiger partial charge < -0.3 is 14.8 Å². The Morgan fingerprint density at radius 1 is 1.22 bits per heavy atom. The van der Waals surface area contributed by atoms with E-state index in [9.17, 15) is 4.79 Å². The number of carbonyl (C=O) groups excluding carboxylic acids is 1. The molecule has 0 amide bonds. The van der Waals surface area contributed by atoms with Gasteiger partial charge in [-0.05, 0) is 38.0 Å². The van der Waals surface area contributed by atoms with Crippen LogP contribution in [0.2, 0.25) is 0 Å². The molecule has 0 aliphatic carbocycles. The van der Waals surface area contributed by atoms with Gasteiger partial charge in [-0.2, -0.15) is 0 Å². The third kappa shape index (κ3) is 4.04. The van der Waals surface area contributed by atoms with Gasteiger partial charge in [-0.1, -0.05) is 12.1 Å². The van der Waals surface area contributed by atoms with E-state index in [0.29, 0.717) is 6.54 Å². The summed E-state index contributed by atoms with van der Waals surface area (Å²) in [5, 5.41) is 3.18. The second kappa shape index (κ2) is 6.40. The zero-order valence-electron chi connectivity index (χ0n) is 11.4. The van der Waals surface area contributed by atoms with Crippen LogP contribution in [0.1, 0.15) is 19.4 Å². The molecule has 0 fully saturated rings. The molecule has 0 bridgehead atoms. The molecule has 1 rings (SSSR count). The first-order valence-corrected chi connectivity index (χ1v) is 5.96.